The predicted molar refractivity (Wildman–Crippen MR) is 96.9 cm³/mol. The summed E-state index contributed by atoms with van der Waals surface area (Å²) < 4.78 is 30.3. The number of aromatic amines is 1. The molecule has 0 aliphatic carbocycles. The SMILES string of the molecule is CC1(C)COC(=O)N1Nc1ncnc2[nH]c3c(NC(=O)C(F)F)cccc3c12. The Balaban J connectivity index is 1.81. The van der Waals surface area contributed by atoms with Crippen molar-refractivity contribution in [3.8, 4) is 0 Å². The smallest absolute Gasteiger partial charge is 0.429 e. The largest absolute Gasteiger partial charge is 0.446 e. The highest BCUT2D eigenvalue weighted by Crippen LogP contribution is 2.34. The third kappa shape index (κ3) is 2.84. The lowest BCUT2D eigenvalue weighted by molar-refractivity contribution is -0.126. The van der Waals surface area contributed by atoms with Gasteiger partial charge in [-0.05, 0) is 19.9 Å². The first kappa shape index (κ1) is 17.9. The number of anilines is 2. The zero-order valence-corrected chi connectivity index (χ0v) is 14.9. The molecule has 1 aliphatic heterocycles. The number of fused-ring (bicyclic) bond motifs is 3. The molecule has 3 N–H and O–H groups in total. The van der Waals surface area contributed by atoms with Gasteiger partial charge in [0.25, 0.3) is 5.91 Å². The maximum Gasteiger partial charge on any atom is 0.429 e. The summed E-state index contributed by atoms with van der Waals surface area (Å²) in [6, 6.07) is 4.84. The normalized spacial score (nSPS) is 16.0. The van der Waals surface area contributed by atoms with E-state index in [4.69, 9.17) is 4.74 Å². The number of hydrogen-bond donors (Lipinski definition) is 3. The minimum absolute atomic E-state index is 0.188. The number of hydrogen-bond acceptors (Lipinski definition) is 6. The molecule has 4 rings (SSSR count). The molecule has 3 heterocycles. The van der Waals surface area contributed by atoms with Gasteiger partial charge in [0, 0.05) is 5.39 Å². The number of para-hydroxylation sites is 1. The molecule has 2 aromatic heterocycles. The molecule has 9 nitrogen and oxygen atoms in total. The summed E-state index contributed by atoms with van der Waals surface area (Å²) in [5, 5.41) is 4.65. The van der Waals surface area contributed by atoms with Crippen molar-refractivity contribution < 1.29 is 23.1 Å². The standard InChI is InChI=1S/C17H16F2N6O3/c1-17(2)6-28-16(27)25(17)24-14-10-8-4-3-5-9(22-15(26)12(18)19)11(8)23-13(10)20-7-21-14/h3-5,7,12H,6H2,1-2H3,(H,22,26)(H2,20,21,23,24). The van der Waals surface area contributed by atoms with E-state index in [9.17, 15) is 18.4 Å². The van der Waals surface area contributed by atoms with Crippen LogP contribution in [0.5, 0.6) is 0 Å². The number of nitrogens with one attached hydrogen (secondary N) is 3. The van der Waals surface area contributed by atoms with Crippen LogP contribution in [0.1, 0.15) is 13.8 Å². The Morgan fingerprint density at radius 1 is 1.36 bits per heavy atom. The number of carbonyl (C=O) groups excluding carboxylic acids is 2. The van der Waals surface area contributed by atoms with Crippen LogP contribution >= 0.6 is 0 Å². The summed E-state index contributed by atoms with van der Waals surface area (Å²) in [6.07, 6.45) is -2.38. The lowest BCUT2D eigenvalue weighted by Crippen LogP contribution is -2.45. The van der Waals surface area contributed by atoms with E-state index < -0.39 is 24.0 Å². The van der Waals surface area contributed by atoms with Gasteiger partial charge in [-0.3, -0.25) is 10.2 Å². The van der Waals surface area contributed by atoms with Gasteiger partial charge in [0.1, 0.15) is 18.6 Å². The lowest BCUT2D eigenvalue weighted by Gasteiger charge is -2.28. The van der Waals surface area contributed by atoms with Gasteiger partial charge in [0.2, 0.25) is 0 Å². The highest BCUT2D eigenvalue weighted by Gasteiger charge is 2.41. The first-order valence-corrected chi connectivity index (χ1v) is 8.36. The van der Waals surface area contributed by atoms with Crippen LogP contribution in [0.25, 0.3) is 21.9 Å². The number of cyclic esters (lactones) is 1. The zero-order chi connectivity index (χ0) is 20.1. The minimum atomic E-state index is -3.14. The molecule has 1 saturated heterocycles. The van der Waals surface area contributed by atoms with E-state index >= 15 is 0 Å². The molecule has 3 aromatic rings. The van der Waals surface area contributed by atoms with Crippen molar-refractivity contribution in [3.05, 3.63) is 24.5 Å². The van der Waals surface area contributed by atoms with E-state index in [0.29, 0.717) is 27.8 Å². The Morgan fingerprint density at radius 3 is 2.82 bits per heavy atom. The number of ether oxygens (including phenoxy) is 1. The van der Waals surface area contributed by atoms with E-state index in [-0.39, 0.29) is 12.3 Å². The average Bonchev–Trinajstić information content (AvgIpc) is 3.15. The molecule has 0 atom stereocenters. The zero-order valence-electron chi connectivity index (χ0n) is 14.9. The summed E-state index contributed by atoms with van der Waals surface area (Å²) in [7, 11) is 0. The van der Waals surface area contributed by atoms with Crippen molar-refractivity contribution in [2.45, 2.75) is 25.8 Å². The van der Waals surface area contributed by atoms with Gasteiger partial charge in [0.05, 0.1) is 22.1 Å². The van der Waals surface area contributed by atoms with Gasteiger partial charge >= 0.3 is 12.5 Å². The fraction of sp³-hybridized carbons (Fsp3) is 0.294. The molecule has 1 aliphatic rings. The van der Waals surface area contributed by atoms with Crippen LogP contribution in [-0.4, -0.2) is 50.5 Å². The predicted octanol–water partition coefficient (Wildman–Crippen LogP) is 2.87. The van der Waals surface area contributed by atoms with E-state index in [1.165, 1.54) is 17.4 Å². The maximum absolute atomic E-state index is 12.6. The van der Waals surface area contributed by atoms with Crippen molar-refractivity contribution in [2.24, 2.45) is 0 Å². The molecular formula is C17H16F2N6O3. The molecule has 28 heavy (non-hydrogen) atoms. The Kier molecular flexibility index (Phi) is 4.02. The quantitative estimate of drug-likeness (QED) is 0.632. The van der Waals surface area contributed by atoms with Crippen molar-refractivity contribution in [2.75, 3.05) is 17.3 Å². The Labute approximate surface area is 157 Å². The van der Waals surface area contributed by atoms with Gasteiger partial charge in [0.15, 0.2) is 5.82 Å². The van der Waals surface area contributed by atoms with Crippen LogP contribution in [0, 0.1) is 0 Å². The summed E-state index contributed by atoms with van der Waals surface area (Å²) in [5.74, 6) is -1.07. The number of halogens is 2. The van der Waals surface area contributed by atoms with Crippen LogP contribution in [0.15, 0.2) is 24.5 Å². The monoisotopic (exact) mass is 390 g/mol. The second kappa shape index (κ2) is 6.29. The highest BCUT2D eigenvalue weighted by atomic mass is 19.3. The topological polar surface area (TPSA) is 112 Å². The third-order valence-corrected chi connectivity index (χ3v) is 4.44. The molecule has 0 bridgehead atoms. The Bertz CT molecular complexity index is 1100. The van der Waals surface area contributed by atoms with Gasteiger partial charge in [-0.2, -0.15) is 8.78 Å². The van der Waals surface area contributed by atoms with E-state index in [2.05, 4.69) is 25.7 Å². The van der Waals surface area contributed by atoms with E-state index in [1.54, 1.807) is 12.1 Å². The number of aromatic nitrogens is 3. The van der Waals surface area contributed by atoms with Gasteiger partial charge in [-0.15, -0.1) is 0 Å². The van der Waals surface area contributed by atoms with Gasteiger partial charge < -0.3 is 15.0 Å². The minimum Gasteiger partial charge on any atom is -0.446 e. The number of H-pyrrole nitrogens is 1. The number of rotatable bonds is 4. The van der Waals surface area contributed by atoms with E-state index in [0.717, 1.165) is 0 Å². The average molecular weight is 390 g/mol. The third-order valence-electron chi connectivity index (χ3n) is 4.44. The number of alkyl halides is 2. The van der Waals surface area contributed by atoms with Crippen LogP contribution in [-0.2, 0) is 9.53 Å². The van der Waals surface area contributed by atoms with Crippen molar-refractivity contribution >= 4 is 45.4 Å². The fourth-order valence-corrected chi connectivity index (χ4v) is 3.04. The van der Waals surface area contributed by atoms with Gasteiger partial charge in [-0.25, -0.2) is 19.8 Å². The summed E-state index contributed by atoms with van der Waals surface area (Å²) >= 11 is 0. The van der Waals surface area contributed by atoms with Crippen molar-refractivity contribution in [1.82, 2.24) is 20.0 Å². The second-order valence-corrected chi connectivity index (χ2v) is 6.90. The molecule has 0 unspecified atom stereocenters. The summed E-state index contributed by atoms with van der Waals surface area (Å²) in [4.78, 5) is 34.8. The molecule has 1 fully saturated rings. The molecule has 2 amide bonds. The highest BCUT2D eigenvalue weighted by molar-refractivity contribution is 6.15. The number of amides is 2. The van der Waals surface area contributed by atoms with Crippen molar-refractivity contribution in [1.29, 1.82) is 0 Å². The lowest BCUT2D eigenvalue weighted by atomic mass is 10.1. The number of nitrogens with zero attached hydrogens (tertiary/aromatic N) is 3. The number of benzene rings is 1. The Morgan fingerprint density at radius 2 is 2.14 bits per heavy atom. The molecule has 0 spiro atoms. The van der Waals surface area contributed by atoms with Crippen LogP contribution in [0.2, 0.25) is 0 Å². The summed E-state index contributed by atoms with van der Waals surface area (Å²) in [5.41, 5.74) is 3.38. The van der Waals surface area contributed by atoms with Crippen molar-refractivity contribution in [3.63, 3.8) is 0 Å². The number of hydrazine groups is 1. The molecule has 11 heteroatoms. The number of carbonyl (C=O) groups is 2. The maximum atomic E-state index is 12.6. The molecule has 0 radical (unpaired) electrons. The second-order valence-electron chi connectivity index (χ2n) is 6.90. The Hall–Kier alpha value is -3.50. The van der Waals surface area contributed by atoms with Crippen LogP contribution in [0.3, 0.4) is 0 Å². The first-order chi connectivity index (χ1) is 13.3. The van der Waals surface area contributed by atoms with Gasteiger partial charge in [-0.1, -0.05) is 12.1 Å². The molecule has 146 valence electrons. The molecule has 0 saturated carbocycles. The van der Waals surface area contributed by atoms with Crippen LogP contribution < -0.4 is 10.7 Å². The van der Waals surface area contributed by atoms with Crippen LogP contribution in [0.4, 0.5) is 25.1 Å². The summed E-state index contributed by atoms with van der Waals surface area (Å²) in [6.45, 7) is 3.87. The van der Waals surface area contributed by atoms with E-state index in [1.807, 2.05) is 13.8 Å². The molecular weight excluding hydrogens is 374 g/mol. The first-order valence-electron chi connectivity index (χ1n) is 8.36. The molecule has 1 aromatic carbocycles. The fourth-order valence-electron chi connectivity index (χ4n) is 3.04.